The molecule has 0 fully saturated rings. The van der Waals surface area contributed by atoms with E-state index in [2.05, 4.69) is 0 Å². The van der Waals surface area contributed by atoms with Crippen molar-refractivity contribution >= 4 is 11.6 Å². The van der Waals surface area contributed by atoms with Gasteiger partial charge in [0.25, 0.3) is 0 Å². The summed E-state index contributed by atoms with van der Waals surface area (Å²) >= 11 is 5.93. The SMILES string of the molecule is CCOc1cccc(CCl)c1OCCCOCCOC. The molecule has 0 radical (unpaired) electrons. The van der Waals surface area contributed by atoms with E-state index in [0.29, 0.717) is 38.9 Å². The maximum atomic E-state index is 5.93. The second-order valence-corrected chi connectivity index (χ2v) is 4.39. The van der Waals surface area contributed by atoms with E-state index in [1.807, 2.05) is 25.1 Å². The fourth-order valence-electron chi connectivity index (χ4n) is 1.68. The van der Waals surface area contributed by atoms with Gasteiger partial charge in [-0.25, -0.2) is 0 Å². The van der Waals surface area contributed by atoms with Crippen molar-refractivity contribution in [2.45, 2.75) is 19.2 Å². The van der Waals surface area contributed by atoms with Gasteiger partial charge in [-0.15, -0.1) is 11.6 Å². The van der Waals surface area contributed by atoms with Crippen LogP contribution >= 0.6 is 11.6 Å². The lowest BCUT2D eigenvalue weighted by Crippen LogP contribution is -2.08. The highest BCUT2D eigenvalue weighted by molar-refractivity contribution is 6.17. The largest absolute Gasteiger partial charge is 0.490 e. The van der Waals surface area contributed by atoms with Crippen molar-refractivity contribution < 1.29 is 18.9 Å². The molecule has 0 spiro atoms. The molecule has 0 saturated carbocycles. The number of benzene rings is 1. The Morgan fingerprint density at radius 3 is 2.60 bits per heavy atom. The summed E-state index contributed by atoms with van der Waals surface area (Å²) in [6.45, 7) is 4.99. The van der Waals surface area contributed by atoms with Gasteiger partial charge in [-0.1, -0.05) is 12.1 Å². The van der Waals surface area contributed by atoms with Gasteiger partial charge in [-0.3, -0.25) is 0 Å². The summed E-state index contributed by atoms with van der Waals surface area (Å²) in [5.74, 6) is 1.88. The normalized spacial score (nSPS) is 10.6. The molecule has 1 aromatic carbocycles. The van der Waals surface area contributed by atoms with Gasteiger partial charge >= 0.3 is 0 Å². The number of rotatable bonds is 11. The smallest absolute Gasteiger partial charge is 0.165 e. The van der Waals surface area contributed by atoms with E-state index in [1.54, 1.807) is 7.11 Å². The van der Waals surface area contributed by atoms with Gasteiger partial charge in [-0.2, -0.15) is 0 Å². The lowest BCUT2D eigenvalue weighted by molar-refractivity contribution is 0.0642. The van der Waals surface area contributed by atoms with Crippen molar-refractivity contribution in [3.8, 4) is 11.5 Å². The molecule has 1 aromatic rings. The van der Waals surface area contributed by atoms with Gasteiger partial charge in [0.05, 0.1) is 32.3 Å². The summed E-state index contributed by atoms with van der Waals surface area (Å²) < 4.78 is 21.6. The first-order chi connectivity index (χ1) is 9.83. The Bertz CT molecular complexity index is 371. The number of hydrogen-bond donors (Lipinski definition) is 0. The van der Waals surface area contributed by atoms with Gasteiger partial charge < -0.3 is 18.9 Å². The maximum absolute atomic E-state index is 5.93. The first-order valence-electron chi connectivity index (χ1n) is 6.83. The van der Waals surface area contributed by atoms with Crippen LogP contribution in [0.5, 0.6) is 11.5 Å². The molecule has 0 amide bonds. The highest BCUT2D eigenvalue weighted by Gasteiger charge is 2.10. The Balaban J connectivity index is 2.41. The van der Waals surface area contributed by atoms with Gasteiger partial charge in [0.15, 0.2) is 11.5 Å². The number of alkyl halides is 1. The lowest BCUT2D eigenvalue weighted by atomic mass is 10.2. The Morgan fingerprint density at radius 2 is 1.90 bits per heavy atom. The van der Waals surface area contributed by atoms with Crippen molar-refractivity contribution in [3.63, 3.8) is 0 Å². The van der Waals surface area contributed by atoms with Gasteiger partial charge in [-0.05, 0) is 13.0 Å². The quantitative estimate of drug-likeness (QED) is 0.464. The van der Waals surface area contributed by atoms with Gasteiger partial charge in [0.2, 0.25) is 0 Å². The van der Waals surface area contributed by atoms with Crippen LogP contribution in [0, 0.1) is 0 Å². The van der Waals surface area contributed by atoms with E-state index < -0.39 is 0 Å². The molecule has 0 aliphatic rings. The average molecular weight is 303 g/mol. The maximum Gasteiger partial charge on any atom is 0.165 e. The molecule has 0 bridgehead atoms. The fourth-order valence-corrected chi connectivity index (χ4v) is 1.89. The highest BCUT2D eigenvalue weighted by atomic mass is 35.5. The lowest BCUT2D eigenvalue weighted by Gasteiger charge is -2.14. The van der Waals surface area contributed by atoms with Crippen LogP contribution in [0.1, 0.15) is 18.9 Å². The zero-order valence-corrected chi connectivity index (χ0v) is 12.9. The molecule has 0 aliphatic heterocycles. The van der Waals surface area contributed by atoms with Gasteiger partial charge in [0, 0.05) is 25.7 Å². The third-order valence-electron chi connectivity index (χ3n) is 2.62. The van der Waals surface area contributed by atoms with Gasteiger partial charge in [0.1, 0.15) is 0 Å². The summed E-state index contributed by atoms with van der Waals surface area (Å²) in [6, 6.07) is 5.76. The molecule has 0 unspecified atom stereocenters. The number of para-hydroxylation sites is 1. The number of halogens is 1. The van der Waals surface area contributed by atoms with Crippen LogP contribution in [-0.4, -0.2) is 40.1 Å². The van der Waals surface area contributed by atoms with Crippen molar-refractivity contribution in [1.29, 1.82) is 0 Å². The van der Waals surface area contributed by atoms with Crippen LogP contribution in [0.15, 0.2) is 18.2 Å². The zero-order chi connectivity index (χ0) is 14.6. The standard InChI is InChI=1S/C15H23ClO4/c1-3-19-14-7-4-6-13(12-16)15(14)20-9-5-8-18-11-10-17-2/h4,6-7H,3,5,8-12H2,1-2H3. The third-order valence-corrected chi connectivity index (χ3v) is 2.90. The molecule has 0 heterocycles. The predicted molar refractivity (Wildman–Crippen MR) is 80.0 cm³/mol. The molecule has 0 N–H and O–H groups in total. The summed E-state index contributed by atoms with van der Waals surface area (Å²) in [6.07, 6.45) is 0.811. The summed E-state index contributed by atoms with van der Waals surface area (Å²) in [7, 11) is 1.66. The van der Waals surface area contributed by atoms with Crippen molar-refractivity contribution in [2.24, 2.45) is 0 Å². The summed E-state index contributed by atoms with van der Waals surface area (Å²) in [5, 5.41) is 0. The fraction of sp³-hybridized carbons (Fsp3) is 0.600. The molecule has 1 rings (SSSR count). The van der Waals surface area contributed by atoms with Crippen LogP contribution in [0.3, 0.4) is 0 Å². The van der Waals surface area contributed by atoms with Crippen LogP contribution < -0.4 is 9.47 Å². The minimum Gasteiger partial charge on any atom is -0.490 e. The monoisotopic (exact) mass is 302 g/mol. The highest BCUT2D eigenvalue weighted by Crippen LogP contribution is 2.32. The van der Waals surface area contributed by atoms with Crippen LogP contribution in [-0.2, 0) is 15.4 Å². The minimum absolute atomic E-state index is 0.403. The number of methoxy groups -OCH3 is 1. The number of ether oxygens (including phenoxy) is 4. The second-order valence-electron chi connectivity index (χ2n) is 4.12. The molecule has 0 aromatic heterocycles. The summed E-state index contributed by atoms with van der Waals surface area (Å²) in [4.78, 5) is 0. The molecule has 4 nitrogen and oxygen atoms in total. The first-order valence-corrected chi connectivity index (χ1v) is 7.37. The van der Waals surface area contributed by atoms with E-state index in [0.717, 1.165) is 23.5 Å². The molecule has 0 saturated heterocycles. The van der Waals surface area contributed by atoms with Crippen LogP contribution in [0.4, 0.5) is 0 Å². The number of hydrogen-bond acceptors (Lipinski definition) is 4. The molecule has 114 valence electrons. The van der Waals surface area contributed by atoms with E-state index in [1.165, 1.54) is 0 Å². The average Bonchev–Trinajstić information content (AvgIpc) is 2.47. The Morgan fingerprint density at radius 1 is 1.05 bits per heavy atom. The topological polar surface area (TPSA) is 36.9 Å². The van der Waals surface area contributed by atoms with E-state index >= 15 is 0 Å². The van der Waals surface area contributed by atoms with Crippen LogP contribution in [0.25, 0.3) is 0 Å². The Labute approximate surface area is 125 Å². The molecule has 5 heteroatoms. The predicted octanol–water partition coefficient (Wildman–Crippen LogP) is 3.26. The van der Waals surface area contributed by atoms with Crippen molar-refractivity contribution in [1.82, 2.24) is 0 Å². The minimum atomic E-state index is 0.403. The Hall–Kier alpha value is -0.970. The zero-order valence-electron chi connectivity index (χ0n) is 12.2. The third kappa shape index (κ3) is 5.99. The van der Waals surface area contributed by atoms with E-state index in [-0.39, 0.29) is 0 Å². The van der Waals surface area contributed by atoms with E-state index in [9.17, 15) is 0 Å². The van der Waals surface area contributed by atoms with Crippen LogP contribution in [0.2, 0.25) is 0 Å². The second kappa shape index (κ2) is 10.8. The first kappa shape index (κ1) is 17.1. The van der Waals surface area contributed by atoms with Crippen molar-refractivity contribution in [3.05, 3.63) is 23.8 Å². The Kier molecular flexibility index (Phi) is 9.20. The molecule has 0 atom stereocenters. The molecule has 20 heavy (non-hydrogen) atoms. The van der Waals surface area contributed by atoms with E-state index in [4.69, 9.17) is 30.5 Å². The molecular weight excluding hydrogens is 280 g/mol. The van der Waals surface area contributed by atoms with Crippen molar-refractivity contribution in [2.75, 3.05) is 40.1 Å². The molecule has 0 aliphatic carbocycles. The summed E-state index contributed by atoms with van der Waals surface area (Å²) in [5.41, 5.74) is 0.943. The molecular formula is C15H23ClO4.